The molecule has 8 bridgehead atoms. The van der Waals surface area contributed by atoms with Crippen molar-refractivity contribution < 1.29 is 16.8 Å². The van der Waals surface area contributed by atoms with Crippen LogP contribution in [0.2, 0.25) is 0 Å². The van der Waals surface area contributed by atoms with Gasteiger partial charge in [0.05, 0.1) is 43.2 Å². The fourth-order valence-corrected chi connectivity index (χ4v) is 11.7. The Bertz CT molecular complexity index is 716. The van der Waals surface area contributed by atoms with E-state index in [0.717, 1.165) is 35.5 Å². The minimum Gasteiger partial charge on any atom is -0.322 e. The van der Waals surface area contributed by atoms with E-state index in [1.165, 1.54) is 96.3 Å². The van der Waals surface area contributed by atoms with Crippen LogP contribution in [0.15, 0.2) is 0 Å². The second-order valence-electron chi connectivity index (χ2n) is 15.4. The summed E-state index contributed by atoms with van der Waals surface area (Å²) in [4.78, 5) is 0. The third kappa shape index (κ3) is 5.01. The van der Waals surface area contributed by atoms with Gasteiger partial charge >= 0.3 is 0 Å². The Balaban J connectivity index is 0.00000256. The molecule has 4 saturated carbocycles. The summed E-state index contributed by atoms with van der Waals surface area (Å²) in [7, 11) is 0. The average Bonchev–Trinajstić information content (AvgIpc) is 3.73. The molecule has 9 aliphatic rings. The van der Waals surface area contributed by atoms with E-state index in [1.54, 1.807) is 0 Å². The minimum atomic E-state index is 0. The van der Waals surface area contributed by atoms with Crippen LogP contribution in [0.25, 0.3) is 0 Å². The molecule has 9 fully saturated rings. The minimum absolute atomic E-state index is 0. The first kappa shape index (κ1) is 28.6. The van der Waals surface area contributed by atoms with E-state index in [0.29, 0.717) is 61.2 Å². The van der Waals surface area contributed by atoms with Crippen LogP contribution >= 0.6 is 0 Å². The van der Waals surface area contributed by atoms with Gasteiger partial charge in [0.25, 0.3) is 0 Å². The molecule has 41 heavy (non-hydrogen) atoms. The summed E-state index contributed by atoms with van der Waals surface area (Å²) in [6.45, 7) is 0. The van der Waals surface area contributed by atoms with Crippen LogP contribution in [-0.2, 0) is 16.8 Å². The predicted molar refractivity (Wildman–Crippen MR) is 157 cm³/mol. The van der Waals surface area contributed by atoms with Gasteiger partial charge in [0.1, 0.15) is 0 Å². The molecule has 16 atom stereocenters. The molecule has 0 aromatic carbocycles. The van der Waals surface area contributed by atoms with Crippen molar-refractivity contribution >= 4 is 0 Å². The van der Waals surface area contributed by atoms with Gasteiger partial charge in [-0.25, -0.2) is 0 Å². The normalized spacial score (nSPS) is 56.2. The summed E-state index contributed by atoms with van der Waals surface area (Å²) in [6, 6.07) is 0. The summed E-state index contributed by atoms with van der Waals surface area (Å²) >= 11 is 0. The summed E-state index contributed by atoms with van der Waals surface area (Å²) in [6.07, 6.45) is 26.4. The Morgan fingerprint density at radius 1 is 0.317 bits per heavy atom. The van der Waals surface area contributed by atoms with Crippen LogP contribution in [-0.4, -0.2) is 49.3 Å². The van der Waals surface area contributed by atoms with Gasteiger partial charge in [-0.15, -0.1) is 5.92 Å². The molecular formula is C32H55CoN8-. The Hall–Kier alpha value is 0.186. The fourth-order valence-electron chi connectivity index (χ4n) is 11.7. The van der Waals surface area contributed by atoms with E-state index >= 15 is 0 Å². The maximum absolute atomic E-state index is 4.25. The van der Waals surface area contributed by atoms with Crippen molar-refractivity contribution in [3.05, 3.63) is 6.42 Å². The third-order valence-corrected chi connectivity index (χ3v) is 13.6. The van der Waals surface area contributed by atoms with Gasteiger partial charge in [0.2, 0.25) is 0 Å². The number of hydrogen-bond acceptors (Lipinski definition) is 8. The van der Waals surface area contributed by atoms with Crippen LogP contribution in [0, 0.1) is 53.8 Å². The second kappa shape index (κ2) is 11.8. The van der Waals surface area contributed by atoms with Crippen LogP contribution in [0.5, 0.6) is 0 Å². The van der Waals surface area contributed by atoms with E-state index in [2.05, 4.69) is 49.0 Å². The number of hydrogen-bond donors (Lipinski definition) is 8. The molecule has 9 heteroatoms. The number of fused-ring (bicyclic) bond motifs is 20. The van der Waals surface area contributed by atoms with E-state index < -0.39 is 0 Å². The predicted octanol–water partition coefficient (Wildman–Crippen LogP) is 2.42. The maximum Gasteiger partial charge on any atom is 0.0628 e. The van der Waals surface area contributed by atoms with Crippen molar-refractivity contribution in [2.45, 2.75) is 146 Å². The topological polar surface area (TPSA) is 96.2 Å². The summed E-state index contributed by atoms with van der Waals surface area (Å²) < 4.78 is 0. The van der Waals surface area contributed by atoms with Crippen molar-refractivity contribution in [1.82, 2.24) is 42.5 Å². The Labute approximate surface area is 258 Å². The molecule has 16 unspecified atom stereocenters. The Kier molecular flexibility index (Phi) is 8.27. The van der Waals surface area contributed by atoms with E-state index in [4.69, 9.17) is 0 Å². The smallest absolute Gasteiger partial charge is 0.0628 e. The molecule has 0 aromatic rings. The van der Waals surface area contributed by atoms with Gasteiger partial charge in [-0.2, -0.15) is 6.42 Å². The molecule has 1 radical (unpaired) electrons. The molecule has 9 rings (SSSR count). The molecule has 4 aliphatic carbocycles. The van der Waals surface area contributed by atoms with Crippen molar-refractivity contribution in [3.8, 4) is 0 Å². The zero-order chi connectivity index (χ0) is 26.2. The first-order valence-electron chi connectivity index (χ1n) is 17.7. The second-order valence-corrected chi connectivity index (χ2v) is 15.4. The SMILES string of the molecule is [CH-]1CCCC2C3NC(NC4NC(NC5NC(NC6NC(N3)C3CCCCC63)C3CCCCC53)C3CCCCC43)C12.[Co]. The van der Waals surface area contributed by atoms with Gasteiger partial charge in [-0.05, 0) is 80.0 Å². The molecule has 0 amide bonds. The van der Waals surface area contributed by atoms with Crippen molar-refractivity contribution in [1.29, 1.82) is 0 Å². The van der Waals surface area contributed by atoms with Gasteiger partial charge in [-0.3, -0.25) is 42.5 Å². The quantitative estimate of drug-likeness (QED) is 0.198. The van der Waals surface area contributed by atoms with Crippen LogP contribution in [0.1, 0.15) is 96.3 Å². The van der Waals surface area contributed by atoms with Gasteiger partial charge < -0.3 is 6.42 Å². The molecule has 8 N–H and O–H groups in total. The summed E-state index contributed by atoms with van der Waals surface area (Å²) in [5.74, 6) is 5.74. The number of rotatable bonds is 0. The van der Waals surface area contributed by atoms with Gasteiger partial charge in [-0.1, -0.05) is 51.4 Å². The van der Waals surface area contributed by atoms with Crippen LogP contribution in [0.3, 0.4) is 0 Å². The van der Waals surface area contributed by atoms with Gasteiger partial charge in [0.15, 0.2) is 0 Å². The van der Waals surface area contributed by atoms with E-state index in [9.17, 15) is 0 Å². The van der Waals surface area contributed by atoms with Crippen molar-refractivity contribution in [3.63, 3.8) is 0 Å². The first-order valence-corrected chi connectivity index (χ1v) is 17.7. The Morgan fingerprint density at radius 3 is 0.927 bits per heavy atom. The summed E-state index contributed by atoms with van der Waals surface area (Å²) in [5, 5.41) is 33.7. The molecule has 0 aromatic heterocycles. The summed E-state index contributed by atoms with van der Waals surface area (Å²) in [5.41, 5.74) is 0. The zero-order valence-electron chi connectivity index (χ0n) is 24.8. The fraction of sp³-hybridized carbons (Fsp3) is 0.969. The van der Waals surface area contributed by atoms with Crippen molar-refractivity contribution in [2.24, 2.45) is 47.3 Å². The Morgan fingerprint density at radius 2 is 0.585 bits per heavy atom. The largest absolute Gasteiger partial charge is 0.322 e. The average molecular weight is 611 g/mol. The van der Waals surface area contributed by atoms with Crippen molar-refractivity contribution in [2.75, 3.05) is 0 Å². The molecule has 5 heterocycles. The molecule has 233 valence electrons. The van der Waals surface area contributed by atoms with Gasteiger partial charge in [0, 0.05) is 22.9 Å². The number of nitrogens with one attached hydrogen (secondary N) is 8. The molecular weight excluding hydrogens is 555 g/mol. The third-order valence-electron chi connectivity index (χ3n) is 13.6. The zero-order valence-corrected chi connectivity index (χ0v) is 25.8. The van der Waals surface area contributed by atoms with Crippen LogP contribution < -0.4 is 42.5 Å². The standard InChI is InChI=1S/C32H55N8.Co/c1-2-10-18-17(9-1)25-33-26(18)38-28-21-13-5-6-14-22(21)30(35-28)40-32-24-16-8-7-15-23(24)31(36-32)39-29-20-12-4-3-11-19(20)27(34-29)37-25;/h9,17-40H,1-8,10-16H2;/q-1;. The monoisotopic (exact) mass is 610 g/mol. The molecule has 0 spiro atoms. The van der Waals surface area contributed by atoms with E-state index in [-0.39, 0.29) is 16.8 Å². The maximum atomic E-state index is 4.25. The van der Waals surface area contributed by atoms with E-state index in [1.807, 2.05) is 0 Å². The first-order chi connectivity index (χ1) is 19.8. The molecule has 5 aliphatic heterocycles. The molecule has 8 nitrogen and oxygen atoms in total. The van der Waals surface area contributed by atoms with Crippen LogP contribution in [0.4, 0.5) is 0 Å². The molecule has 5 saturated heterocycles.